The maximum atomic E-state index is 12.5. The number of halogens is 3. The van der Waals surface area contributed by atoms with Gasteiger partial charge in [-0.05, 0) is 12.3 Å². The van der Waals surface area contributed by atoms with Crippen molar-refractivity contribution in [2.75, 3.05) is 19.6 Å². The SMILES string of the molecule is CCCC1CNC(C(C)C)CN1CC(F)(F)F. The molecule has 1 aliphatic rings. The third-order valence-corrected chi connectivity index (χ3v) is 3.37. The molecule has 1 aliphatic heterocycles. The molecular formula is C12H23F3N2. The average Bonchev–Trinajstić information content (AvgIpc) is 2.18. The molecular weight excluding hydrogens is 229 g/mol. The summed E-state index contributed by atoms with van der Waals surface area (Å²) in [6.45, 7) is 6.50. The minimum Gasteiger partial charge on any atom is -0.311 e. The summed E-state index contributed by atoms with van der Waals surface area (Å²) in [4.78, 5) is 1.60. The molecule has 1 N–H and O–H groups in total. The lowest BCUT2D eigenvalue weighted by Crippen LogP contribution is -2.59. The summed E-state index contributed by atoms with van der Waals surface area (Å²) in [6, 6.07) is 0.196. The first-order valence-electron chi connectivity index (χ1n) is 6.37. The Morgan fingerprint density at radius 3 is 2.47 bits per heavy atom. The van der Waals surface area contributed by atoms with E-state index in [0.29, 0.717) is 19.0 Å². The second-order valence-electron chi connectivity index (χ2n) is 5.25. The Labute approximate surface area is 102 Å². The van der Waals surface area contributed by atoms with Crippen LogP contribution in [0.15, 0.2) is 0 Å². The van der Waals surface area contributed by atoms with Crippen LogP contribution in [0.4, 0.5) is 13.2 Å². The van der Waals surface area contributed by atoms with Gasteiger partial charge in [-0.3, -0.25) is 4.90 Å². The van der Waals surface area contributed by atoms with Gasteiger partial charge in [-0.25, -0.2) is 0 Å². The van der Waals surface area contributed by atoms with E-state index >= 15 is 0 Å². The molecule has 0 bridgehead atoms. The fourth-order valence-electron chi connectivity index (χ4n) is 2.37. The van der Waals surface area contributed by atoms with Crippen LogP contribution in [0.1, 0.15) is 33.6 Å². The molecule has 17 heavy (non-hydrogen) atoms. The molecule has 1 saturated heterocycles. The summed E-state index contributed by atoms with van der Waals surface area (Å²) in [5, 5.41) is 3.36. The predicted molar refractivity (Wildman–Crippen MR) is 63.0 cm³/mol. The zero-order valence-corrected chi connectivity index (χ0v) is 10.8. The van der Waals surface area contributed by atoms with Gasteiger partial charge in [0.15, 0.2) is 0 Å². The molecule has 0 aromatic heterocycles. The third-order valence-electron chi connectivity index (χ3n) is 3.37. The van der Waals surface area contributed by atoms with Gasteiger partial charge in [0.1, 0.15) is 0 Å². The number of piperazine rings is 1. The van der Waals surface area contributed by atoms with Crippen molar-refractivity contribution in [3.8, 4) is 0 Å². The van der Waals surface area contributed by atoms with Crippen LogP contribution < -0.4 is 5.32 Å². The molecule has 0 aromatic carbocycles. The standard InChI is InChI=1S/C12H23F3N2/c1-4-5-10-6-16-11(9(2)3)7-17(10)8-12(13,14)15/h9-11,16H,4-8H2,1-3H3. The Hall–Kier alpha value is -0.290. The number of hydrogen-bond donors (Lipinski definition) is 1. The summed E-state index contributed by atoms with van der Waals surface area (Å²) in [5.41, 5.74) is 0. The van der Waals surface area contributed by atoms with Gasteiger partial charge in [-0.1, -0.05) is 27.2 Å². The lowest BCUT2D eigenvalue weighted by Gasteiger charge is -2.42. The lowest BCUT2D eigenvalue weighted by atomic mass is 9.97. The normalized spacial score (nSPS) is 27.7. The number of rotatable bonds is 4. The van der Waals surface area contributed by atoms with Gasteiger partial charge in [0.25, 0.3) is 0 Å². The van der Waals surface area contributed by atoms with Crippen molar-refractivity contribution in [3.05, 3.63) is 0 Å². The molecule has 2 unspecified atom stereocenters. The third kappa shape index (κ3) is 4.84. The summed E-state index contributed by atoms with van der Waals surface area (Å²) in [6.07, 6.45) is -2.34. The fraction of sp³-hybridized carbons (Fsp3) is 1.00. The van der Waals surface area contributed by atoms with Crippen LogP contribution in [0.3, 0.4) is 0 Å². The van der Waals surface area contributed by atoms with E-state index < -0.39 is 12.7 Å². The molecule has 0 aliphatic carbocycles. The summed E-state index contributed by atoms with van der Waals surface area (Å²) in [7, 11) is 0. The molecule has 2 atom stereocenters. The molecule has 0 spiro atoms. The summed E-state index contributed by atoms with van der Waals surface area (Å²) < 4.78 is 37.6. The van der Waals surface area contributed by atoms with E-state index in [9.17, 15) is 13.2 Å². The minimum atomic E-state index is -4.09. The summed E-state index contributed by atoms with van der Waals surface area (Å²) >= 11 is 0. The minimum absolute atomic E-state index is 0.0247. The molecule has 102 valence electrons. The Kier molecular flexibility index (Phi) is 5.25. The highest BCUT2D eigenvalue weighted by Crippen LogP contribution is 2.22. The Morgan fingerprint density at radius 2 is 2.00 bits per heavy atom. The quantitative estimate of drug-likeness (QED) is 0.827. The van der Waals surface area contributed by atoms with Crippen LogP contribution in [0.2, 0.25) is 0 Å². The molecule has 1 heterocycles. The molecule has 2 nitrogen and oxygen atoms in total. The topological polar surface area (TPSA) is 15.3 Å². The molecule has 0 saturated carbocycles. The first-order valence-corrected chi connectivity index (χ1v) is 6.37. The zero-order valence-electron chi connectivity index (χ0n) is 10.8. The predicted octanol–water partition coefficient (Wildman–Crippen LogP) is 2.65. The maximum absolute atomic E-state index is 12.5. The van der Waals surface area contributed by atoms with E-state index in [1.165, 1.54) is 0 Å². The first-order chi connectivity index (χ1) is 7.83. The van der Waals surface area contributed by atoms with Crippen molar-refractivity contribution in [3.63, 3.8) is 0 Å². The van der Waals surface area contributed by atoms with Crippen LogP contribution in [0.25, 0.3) is 0 Å². The largest absolute Gasteiger partial charge is 0.401 e. The summed E-state index contributed by atoms with van der Waals surface area (Å²) in [5.74, 6) is 0.369. The highest BCUT2D eigenvalue weighted by atomic mass is 19.4. The zero-order chi connectivity index (χ0) is 13.1. The number of alkyl halides is 3. The Balaban J connectivity index is 2.62. The van der Waals surface area contributed by atoms with Gasteiger partial charge < -0.3 is 5.32 Å². The number of nitrogens with one attached hydrogen (secondary N) is 1. The monoisotopic (exact) mass is 252 g/mol. The van der Waals surface area contributed by atoms with E-state index in [0.717, 1.165) is 12.8 Å². The lowest BCUT2D eigenvalue weighted by molar-refractivity contribution is -0.155. The van der Waals surface area contributed by atoms with Crippen molar-refractivity contribution < 1.29 is 13.2 Å². The number of hydrogen-bond acceptors (Lipinski definition) is 2. The van der Waals surface area contributed by atoms with Gasteiger partial charge in [-0.2, -0.15) is 13.2 Å². The van der Waals surface area contributed by atoms with Crippen LogP contribution >= 0.6 is 0 Å². The Bertz CT molecular complexity index is 228. The van der Waals surface area contributed by atoms with E-state index in [1.54, 1.807) is 4.90 Å². The van der Waals surface area contributed by atoms with Gasteiger partial charge >= 0.3 is 6.18 Å². The van der Waals surface area contributed by atoms with Crippen molar-refractivity contribution in [2.45, 2.75) is 51.9 Å². The van der Waals surface area contributed by atoms with Crippen LogP contribution in [0.5, 0.6) is 0 Å². The van der Waals surface area contributed by atoms with E-state index in [-0.39, 0.29) is 12.1 Å². The van der Waals surface area contributed by atoms with Gasteiger partial charge in [-0.15, -0.1) is 0 Å². The van der Waals surface area contributed by atoms with Gasteiger partial charge in [0, 0.05) is 25.2 Å². The molecule has 0 aromatic rings. The van der Waals surface area contributed by atoms with Crippen LogP contribution in [-0.4, -0.2) is 42.8 Å². The smallest absolute Gasteiger partial charge is 0.311 e. The van der Waals surface area contributed by atoms with Gasteiger partial charge in [0.05, 0.1) is 6.54 Å². The molecule has 0 amide bonds. The Morgan fingerprint density at radius 1 is 1.35 bits per heavy atom. The maximum Gasteiger partial charge on any atom is 0.401 e. The molecule has 5 heteroatoms. The van der Waals surface area contributed by atoms with Crippen LogP contribution in [0, 0.1) is 5.92 Å². The van der Waals surface area contributed by atoms with Crippen molar-refractivity contribution in [1.29, 1.82) is 0 Å². The average molecular weight is 252 g/mol. The van der Waals surface area contributed by atoms with E-state index in [1.807, 2.05) is 20.8 Å². The van der Waals surface area contributed by atoms with Crippen molar-refractivity contribution in [2.24, 2.45) is 5.92 Å². The molecule has 1 rings (SSSR count). The highest BCUT2D eigenvalue weighted by molar-refractivity contribution is 4.88. The highest BCUT2D eigenvalue weighted by Gasteiger charge is 2.37. The van der Waals surface area contributed by atoms with Gasteiger partial charge in [0.2, 0.25) is 0 Å². The van der Waals surface area contributed by atoms with Crippen LogP contribution in [-0.2, 0) is 0 Å². The van der Waals surface area contributed by atoms with Crippen molar-refractivity contribution >= 4 is 0 Å². The molecule has 0 radical (unpaired) electrons. The van der Waals surface area contributed by atoms with E-state index in [2.05, 4.69) is 5.32 Å². The molecule has 1 fully saturated rings. The second kappa shape index (κ2) is 6.05. The second-order valence-corrected chi connectivity index (χ2v) is 5.25. The first kappa shape index (κ1) is 14.8. The van der Waals surface area contributed by atoms with Crippen molar-refractivity contribution in [1.82, 2.24) is 10.2 Å². The van der Waals surface area contributed by atoms with E-state index in [4.69, 9.17) is 0 Å². The fourth-order valence-corrected chi connectivity index (χ4v) is 2.37. The number of nitrogens with zero attached hydrogens (tertiary/aromatic N) is 1.